The Hall–Kier alpha value is -2.96. The predicted molar refractivity (Wildman–Crippen MR) is 107 cm³/mol. The number of hydrogen-bond acceptors (Lipinski definition) is 5. The fraction of sp³-hybridized carbons (Fsp3) is 0.455. The first-order chi connectivity index (χ1) is 14.0. The molecule has 0 unspecified atom stereocenters. The minimum absolute atomic E-state index is 0.194. The van der Waals surface area contributed by atoms with E-state index in [2.05, 4.69) is 17.1 Å². The molecule has 2 N–H and O–H groups in total. The number of fused-ring (bicyclic) bond motifs is 3. The quantitative estimate of drug-likeness (QED) is 0.836. The first-order valence-electron chi connectivity index (χ1n) is 10.3. The zero-order valence-corrected chi connectivity index (χ0v) is 16.2. The van der Waals surface area contributed by atoms with E-state index < -0.39 is 17.3 Å². The second-order valence-corrected chi connectivity index (χ2v) is 8.76. The van der Waals surface area contributed by atoms with Gasteiger partial charge in [-0.05, 0) is 56.7 Å². The molecular weight excluding hydrogens is 368 g/mol. The molecule has 29 heavy (non-hydrogen) atoms. The van der Waals surface area contributed by atoms with E-state index in [0.717, 1.165) is 66.4 Å². The topological polar surface area (TPSA) is 95.4 Å². The third-order valence-corrected chi connectivity index (χ3v) is 7.18. The molecule has 2 aromatic rings. The number of aromatic nitrogens is 2. The third kappa shape index (κ3) is 2.18. The van der Waals surface area contributed by atoms with Gasteiger partial charge in [-0.25, -0.2) is 9.97 Å². The molecule has 2 fully saturated rings. The number of nitrogens with one attached hydrogen (secondary N) is 1. The van der Waals surface area contributed by atoms with Crippen LogP contribution in [-0.4, -0.2) is 39.5 Å². The molecule has 2 aliphatic heterocycles. The van der Waals surface area contributed by atoms with Crippen LogP contribution >= 0.6 is 0 Å². The fourth-order valence-electron chi connectivity index (χ4n) is 5.24. The Labute approximate surface area is 168 Å². The number of hydrogen-bond donors (Lipinski definition) is 2. The maximum Gasteiger partial charge on any atom is 0.307 e. The number of benzene rings is 1. The molecule has 7 heteroatoms. The summed E-state index contributed by atoms with van der Waals surface area (Å²) in [5, 5.41) is 12.4. The highest BCUT2D eigenvalue weighted by Crippen LogP contribution is 2.60. The molecule has 3 atom stereocenters. The summed E-state index contributed by atoms with van der Waals surface area (Å²) in [5.74, 6) is -0.957. The average Bonchev–Trinajstić information content (AvgIpc) is 3.18. The summed E-state index contributed by atoms with van der Waals surface area (Å²) in [4.78, 5) is 36.2. The first-order valence-corrected chi connectivity index (χ1v) is 10.3. The number of carboxylic acid groups (broad SMARTS) is 1. The summed E-state index contributed by atoms with van der Waals surface area (Å²) >= 11 is 0. The van der Waals surface area contributed by atoms with Crippen molar-refractivity contribution in [3.63, 3.8) is 0 Å². The summed E-state index contributed by atoms with van der Waals surface area (Å²) in [7, 11) is 0. The molecule has 3 heterocycles. The van der Waals surface area contributed by atoms with Gasteiger partial charge in [0.25, 0.3) is 0 Å². The van der Waals surface area contributed by atoms with Crippen LogP contribution in [0.5, 0.6) is 0 Å². The van der Waals surface area contributed by atoms with Crippen LogP contribution in [0.3, 0.4) is 0 Å². The van der Waals surface area contributed by atoms with Crippen LogP contribution in [0.15, 0.2) is 18.2 Å². The maximum absolute atomic E-state index is 12.6. The van der Waals surface area contributed by atoms with Crippen LogP contribution in [0.25, 0.3) is 11.3 Å². The van der Waals surface area contributed by atoms with Gasteiger partial charge in [0.2, 0.25) is 11.9 Å². The standard InChI is InChI=1S/C22H22N4O3/c1-11-7-8-26(11)21-24-16-4-2-3-13(16)18(25-21)12-5-6-17-14(9-12)22(20(29)23-17)10-15(22)19(27)28/h5-6,9,11,15H,2-4,7-8,10H2,1H3,(H,23,29)(H,27,28)/t11-,15+,22-/m0/s1. The van der Waals surface area contributed by atoms with Crippen LogP contribution in [0.4, 0.5) is 11.6 Å². The molecule has 6 rings (SSSR count). The molecule has 1 saturated carbocycles. The van der Waals surface area contributed by atoms with E-state index in [-0.39, 0.29) is 5.91 Å². The van der Waals surface area contributed by atoms with E-state index in [0.29, 0.717) is 12.5 Å². The molecule has 0 radical (unpaired) electrons. The van der Waals surface area contributed by atoms with Crippen molar-refractivity contribution in [2.45, 2.75) is 50.5 Å². The van der Waals surface area contributed by atoms with Gasteiger partial charge in [0.1, 0.15) is 0 Å². The van der Waals surface area contributed by atoms with Crippen LogP contribution in [0, 0.1) is 5.92 Å². The van der Waals surface area contributed by atoms with E-state index >= 15 is 0 Å². The highest BCUT2D eigenvalue weighted by molar-refractivity contribution is 6.12. The smallest absolute Gasteiger partial charge is 0.307 e. The highest BCUT2D eigenvalue weighted by Gasteiger charge is 2.68. The Morgan fingerprint density at radius 3 is 2.86 bits per heavy atom. The molecular formula is C22H22N4O3. The zero-order valence-electron chi connectivity index (χ0n) is 16.2. The molecule has 1 saturated heterocycles. The summed E-state index contributed by atoms with van der Waals surface area (Å²) in [6.45, 7) is 3.17. The molecule has 148 valence electrons. The molecule has 0 bridgehead atoms. The average molecular weight is 390 g/mol. The van der Waals surface area contributed by atoms with Crippen LogP contribution < -0.4 is 10.2 Å². The van der Waals surface area contributed by atoms with Crippen molar-refractivity contribution in [2.75, 3.05) is 16.8 Å². The number of amides is 1. The van der Waals surface area contributed by atoms with Crippen molar-refractivity contribution < 1.29 is 14.7 Å². The number of carbonyl (C=O) groups is 2. The Kier molecular flexibility index (Phi) is 3.25. The van der Waals surface area contributed by atoms with Crippen LogP contribution in [-0.2, 0) is 27.8 Å². The number of anilines is 2. The lowest BCUT2D eigenvalue weighted by Gasteiger charge is -2.39. The summed E-state index contributed by atoms with van der Waals surface area (Å²) in [5.41, 5.74) is 4.82. The second-order valence-electron chi connectivity index (χ2n) is 8.76. The molecule has 1 spiro atoms. The largest absolute Gasteiger partial charge is 0.481 e. The van der Waals surface area contributed by atoms with E-state index in [1.54, 1.807) is 0 Å². The lowest BCUT2D eigenvalue weighted by molar-refractivity contribution is -0.140. The van der Waals surface area contributed by atoms with E-state index in [1.807, 2.05) is 18.2 Å². The molecule has 1 aromatic carbocycles. The van der Waals surface area contributed by atoms with Crippen molar-refractivity contribution in [3.8, 4) is 11.3 Å². The minimum Gasteiger partial charge on any atom is -0.481 e. The lowest BCUT2D eigenvalue weighted by atomic mass is 9.92. The predicted octanol–water partition coefficient (Wildman–Crippen LogP) is 2.53. The Balaban J connectivity index is 1.48. The minimum atomic E-state index is -0.914. The van der Waals surface area contributed by atoms with Gasteiger partial charge in [-0.1, -0.05) is 6.07 Å². The van der Waals surface area contributed by atoms with Crippen LogP contribution in [0.2, 0.25) is 0 Å². The van der Waals surface area contributed by atoms with Gasteiger partial charge in [-0.2, -0.15) is 0 Å². The summed E-state index contributed by atoms with van der Waals surface area (Å²) < 4.78 is 0. The number of carboxylic acids is 1. The van der Waals surface area contributed by atoms with Crippen molar-refractivity contribution in [1.82, 2.24) is 9.97 Å². The van der Waals surface area contributed by atoms with Crippen LogP contribution in [0.1, 0.15) is 43.0 Å². The Morgan fingerprint density at radius 2 is 2.17 bits per heavy atom. The fourth-order valence-corrected chi connectivity index (χ4v) is 5.24. The van der Waals surface area contributed by atoms with Gasteiger partial charge in [0.05, 0.1) is 17.0 Å². The van der Waals surface area contributed by atoms with E-state index in [1.165, 1.54) is 5.56 Å². The molecule has 4 aliphatic rings. The van der Waals surface area contributed by atoms with Gasteiger partial charge in [0.15, 0.2) is 0 Å². The van der Waals surface area contributed by atoms with Crippen molar-refractivity contribution in [1.29, 1.82) is 0 Å². The van der Waals surface area contributed by atoms with Gasteiger partial charge < -0.3 is 15.3 Å². The van der Waals surface area contributed by atoms with Gasteiger partial charge in [-0.15, -0.1) is 0 Å². The normalized spacial score (nSPS) is 28.7. The highest BCUT2D eigenvalue weighted by atomic mass is 16.4. The monoisotopic (exact) mass is 390 g/mol. The summed E-state index contributed by atoms with van der Waals surface area (Å²) in [6.07, 6.45) is 4.52. The van der Waals surface area contributed by atoms with Crippen molar-refractivity contribution in [2.24, 2.45) is 5.92 Å². The van der Waals surface area contributed by atoms with E-state index in [4.69, 9.17) is 9.97 Å². The molecule has 2 aliphatic carbocycles. The number of rotatable bonds is 3. The number of aliphatic carboxylic acids is 1. The van der Waals surface area contributed by atoms with Gasteiger partial charge in [0, 0.05) is 35.1 Å². The van der Waals surface area contributed by atoms with Gasteiger partial charge >= 0.3 is 5.97 Å². The molecule has 1 amide bonds. The Morgan fingerprint density at radius 1 is 1.31 bits per heavy atom. The van der Waals surface area contributed by atoms with Crippen molar-refractivity contribution >= 4 is 23.5 Å². The first kappa shape index (κ1) is 16.9. The van der Waals surface area contributed by atoms with Crippen molar-refractivity contribution in [3.05, 3.63) is 35.0 Å². The lowest BCUT2D eigenvalue weighted by Crippen LogP contribution is -2.46. The maximum atomic E-state index is 12.6. The molecule has 1 aromatic heterocycles. The number of nitrogens with zero attached hydrogens (tertiary/aromatic N) is 3. The Bertz CT molecular complexity index is 1100. The molecule has 7 nitrogen and oxygen atoms in total. The van der Waals surface area contributed by atoms with E-state index in [9.17, 15) is 14.7 Å². The summed E-state index contributed by atoms with van der Waals surface area (Å²) in [6, 6.07) is 6.32. The number of aryl methyl sites for hydroxylation is 1. The van der Waals surface area contributed by atoms with Gasteiger partial charge in [-0.3, -0.25) is 9.59 Å². The zero-order chi connectivity index (χ0) is 19.9. The third-order valence-electron chi connectivity index (χ3n) is 7.18. The second kappa shape index (κ2) is 5.55. The number of carbonyl (C=O) groups excluding carboxylic acids is 1. The SMILES string of the molecule is C[C@H]1CCN1c1nc2c(c(-c3ccc4c(c3)[C@]3(C[C@@H]3C(=O)O)C(=O)N4)n1)CCC2.